The van der Waals surface area contributed by atoms with Gasteiger partial charge in [0.1, 0.15) is 34.7 Å². The number of fused-ring (bicyclic) bond motifs is 2. The first-order valence-corrected chi connectivity index (χ1v) is 12.5. The van der Waals surface area contributed by atoms with Gasteiger partial charge in [-0.15, -0.1) is 0 Å². The maximum absolute atomic E-state index is 13.1. The third kappa shape index (κ3) is 4.77. The van der Waals surface area contributed by atoms with Gasteiger partial charge in [0.05, 0.1) is 22.7 Å². The quantitative estimate of drug-likeness (QED) is 0.189. The number of phenols is 4. The Hall–Kier alpha value is -5.06. The second-order valence-electron chi connectivity index (χ2n) is 9.97. The number of ether oxygens (including phenoxy) is 1. The number of aromatic carboxylic acids is 1. The number of nitrogens with one attached hydrogen (secondary N) is 1. The number of carbonyl (C=O) groups is 4. The van der Waals surface area contributed by atoms with Gasteiger partial charge in [0.2, 0.25) is 5.78 Å². The molecule has 2 aliphatic rings. The van der Waals surface area contributed by atoms with Crippen molar-refractivity contribution in [3.63, 3.8) is 0 Å². The van der Waals surface area contributed by atoms with Crippen molar-refractivity contribution >= 4 is 23.6 Å². The van der Waals surface area contributed by atoms with E-state index in [1.54, 1.807) is 0 Å². The molecule has 1 amide bonds. The van der Waals surface area contributed by atoms with Gasteiger partial charge in [-0.3, -0.25) is 9.59 Å². The lowest BCUT2D eigenvalue weighted by Gasteiger charge is -2.31. The topological polar surface area (TPSA) is 191 Å². The number of esters is 1. The smallest absolute Gasteiger partial charge is 0.338 e. The Balaban J connectivity index is 1.37. The SMILES string of the molecule is O=C(N[C@@H]1[C@@H]2CC[C@@H](C2)[C@H]1OC(=O)c1cc(O)c(C(=O)c2c(O)cccc2C(=O)O)c(O)c1)c1ccc(O)cc1. The standard InChI is InChI=1S/C29H25NO10/c31-17-8-6-13(7-9-17)27(36)30-24-14-4-5-15(10-14)26(24)40-29(39)16-11-20(33)23(21(34)12-16)25(35)22-18(28(37)38)2-1-3-19(22)32/h1-3,6-9,11-12,14-15,24,26,31-34H,4-5,10H2,(H,30,36)(H,37,38)/t14-,15+,24-,26-/m1/s1. The molecule has 0 heterocycles. The average Bonchev–Trinajstić information content (AvgIpc) is 3.51. The maximum Gasteiger partial charge on any atom is 0.338 e. The fourth-order valence-corrected chi connectivity index (χ4v) is 5.69. The number of amides is 1. The normalized spacial score (nSPS) is 21.1. The summed E-state index contributed by atoms with van der Waals surface area (Å²) in [5.41, 5.74) is -1.81. The zero-order chi connectivity index (χ0) is 28.7. The summed E-state index contributed by atoms with van der Waals surface area (Å²) in [5.74, 6) is -6.14. The molecule has 3 aromatic carbocycles. The van der Waals surface area contributed by atoms with Gasteiger partial charge >= 0.3 is 11.9 Å². The number of rotatable bonds is 7. The Bertz CT molecular complexity index is 1510. The highest BCUT2D eigenvalue weighted by atomic mass is 16.5. The van der Waals surface area contributed by atoms with Crippen LogP contribution in [0.4, 0.5) is 0 Å². The summed E-state index contributed by atoms with van der Waals surface area (Å²) in [7, 11) is 0. The Morgan fingerprint density at radius 1 is 0.775 bits per heavy atom. The summed E-state index contributed by atoms with van der Waals surface area (Å²) >= 11 is 0. The minimum absolute atomic E-state index is 0.00221. The van der Waals surface area contributed by atoms with Crippen LogP contribution in [0.25, 0.3) is 0 Å². The Kier molecular flexibility index (Phi) is 6.80. The van der Waals surface area contributed by atoms with Gasteiger partial charge in [-0.1, -0.05) is 6.07 Å². The monoisotopic (exact) mass is 547 g/mol. The molecule has 2 fully saturated rings. The first-order valence-electron chi connectivity index (χ1n) is 12.5. The van der Waals surface area contributed by atoms with Crippen molar-refractivity contribution in [2.75, 3.05) is 0 Å². The van der Waals surface area contributed by atoms with Crippen LogP contribution in [0.2, 0.25) is 0 Å². The number of hydrogen-bond donors (Lipinski definition) is 6. The van der Waals surface area contributed by atoms with Gasteiger partial charge in [0.15, 0.2) is 0 Å². The van der Waals surface area contributed by atoms with E-state index < -0.39 is 63.8 Å². The fraction of sp³-hybridized carbons (Fsp3) is 0.241. The molecule has 11 nitrogen and oxygen atoms in total. The van der Waals surface area contributed by atoms with Gasteiger partial charge in [-0.25, -0.2) is 9.59 Å². The number of aromatic hydroxyl groups is 4. The van der Waals surface area contributed by atoms with Crippen molar-refractivity contribution in [3.8, 4) is 23.0 Å². The van der Waals surface area contributed by atoms with Crippen LogP contribution in [-0.4, -0.2) is 61.3 Å². The van der Waals surface area contributed by atoms with E-state index in [1.165, 1.54) is 30.3 Å². The lowest BCUT2D eigenvalue weighted by molar-refractivity contribution is 0.00498. The Labute approximate surface area is 227 Å². The Morgan fingerprint density at radius 3 is 2.08 bits per heavy atom. The van der Waals surface area contributed by atoms with Gasteiger partial charge in [-0.2, -0.15) is 0 Å². The van der Waals surface area contributed by atoms with E-state index in [0.717, 1.165) is 43.5 Å². The fourth-order valence-electron chi connectivity index (χ4n) is 5.69. The molecule has 0 aliphatic heterocycles. The van der Waals surface area contributed by atoms with E-state index in [2.05, 4.69) is 5.32 Å². The van der Waals surface area contributed by atoms with E-state index in [1.807, 2.05) is 0 Å². The molecule has 6 N–H and O–H groups in total. The minimum atomic E-state index is -1.50. The number of phenolic OH excluding ortho intramolecular Hbond substituents is 4. The molecule has 206 valence electrons. The van der Waals surface area contributed by atoms with Crippen molar-refractivity contribution < 1.29 is 49.4 Å². The highest BCUT2D eigenvalue weighted by molar-refractivity contribution is 6.18. The zero-order valence-corrected chi connectivity index (χ0v) is 20.9. The predicted molar refractivity (Wildman–Crippen MR) is 138 cm³/mol. The predicted octanol–water partition coefficient (Wildman–Crippen LogP) is 3.19. The molecule has 4 atom stereocenters. The van der Waals surface area contributed by atoms with E-state index in [9.17, 15) is 44.7 Å². The summed E-state index contributed by atoms with van der Waals surface area (Å²) < 4.78 is 5.75. The summed E-state index contributed by atoms with van der Waals surface area (Å²) in [6.07, 6.45) is 1.72. The highest BCUT2D eigenvalue weighted by Crippen LogP contribution is 2.46. The molecular formula is C29H25NO10. The van der Waals surface area contributed by atoms with Crippen molar-refractivity contribution in [1.29, 1.82) is 0 Å². The number of ketones is 1. The number of benzene rings is 3. The van der Waals surface area contributed by atoms with Gasteiger partial charge in [-0.05, 0) is 79.6 Å². The van der Waals surface area contributed by atoms with Crippen LogP contribution in [0.15, 0.2) is 54.6 Å². The molecule has 11 heteroatoms. The third-order valence-corrected chi connectivity index (χ3v) is 7.57. The number of hydrogen-bond acceptors (Lipinski definition) is 9. The van der Waals surface area contributed by atoms with Crippen molar-refractivity contribution in [3.05, 3.63) is 82.4 Å². The number of carboxylic acids is 1. The van der Waals surface area contributed by atoms with Crippen molar-refractivity contribution in [2.24, 2.45) is 11.8 Å². The van der Waals surface area contributed by atoms with Crippen LogP contribution >= 0.6 is 0 Å². The third-order valence-electron chi connectivity index (χ3n) is 7.57. The second kappa shape index (κ2) is 10.3. The summed E-state index contributed by atoms with van der Waals surface area (Å²) in [4.78, 5) is 50.5. The number of carboxylic acid groups (broad SMARTS) is 1. The number of carbonyl (C=O) groups excluding carboxylic acids is 3. The van der Waals surface area contributed by atoms with E-state index in [4.69, 9.17) is 4.74 Å². The molecule has 2 saturated carbocycles. The molecule has 5 rings (SSSR count). The van der Waals surface area contributed by atoms with E-state index in [-0.39, 0.29) is 29.1 Å². The van der Waals surface area contributed by atoms with Crippen LogP contribution in [-0.2, 0) is 4.74 Å². The highest BCUT2D eigenvalue weighted by Gasteiger charge is 2.50. The van der Waals surface area contributed by atoms with Crippen LogP contribution in [0, 0.1) is 11.8 Å². The molecule has 0 saturated heterocycles. The molecule has 0 radical (unpaired) electrons. The van der Waals surface area contributed by atoms with Crippen LogP contribution in [0.3, 0.4) is 0 Å². The maximum atomic E-state index is 13.1. The zero-order valence-electron chi connectivity index (χ0n) is 20.9. The van der Waals surface area contributed by atoms with Gasteiger partial charge < -0.3 is 35.6 Å². The molecule has 0 spiro atoms. The van der Waals surface area contributed by atoms with E-state index in [0.29, 0.717) is 5.56 Å². The summed E-state index contributed by atoms with van der Waals surface area (Å²) in [5, 5.41) is 53.0. The molecule has 2 bridgehead atoms. The van der Waals surface area contributed by atoms with Crippen LogP contribution in [0.1, 0.15) is 66.3 Å². The van der Waals surface area contributed by atoms with Gasteiger partial charge in [0.25, 0.3) is 5.91 Å². The first-order chi connectivity index (χ1) is 19.0. The molecule has 2 aliphatic carbocycles. The molecular weight excluding hydrogens is 522 g/mol. The lowest BCUT2D eigenvalue weighted by atomic mass is 9.92. The van der Waals surface area contributed by atoms with E-state index >= 15 is 0 Å². The van der Waals surface area contributed by atoms with Crippen molar-refractivity contribution in [1.82, 2.24) is 5.32 Å². The lowest BCUT2D eigenvalue weighted by Crippen LogP contribution is -2.48. The first kappa shape index (κ1) is 26.5. The van der Waals surface area contributed by atoms with Crippen LogP contribution in [0.5, 0.6) is 23.0 Å². The molecule has 3 aromatic rings. The average molecular weight is 548 g/mol. The van der Waals surface area contributed by atoms with Crippen LogP contribution < -0.4 is 5.32 Å². The summed E-state index contributed by atoms with van der Waals surface area (Å²) in [6.45, 7) is 0. The molecule has 40 heavy (non-hydrogen) atoms. The minimum Gasteiger partial charge on any atom is -0.508 e. The Morgan fingerprint density at radius 2 is 1.43 bits per heavy atom. The largest absolute Gasteiger partial charge is 0.508 e. The molecule has 0 unspecified atom stereocenters. The second-order valence-corrected chi connectivity index (χ2v) is 9.97. The van der Waals surface area contributed by atoms with Crippen molar-refractivity contribution in [2.45, 2.75) is 31.4 Å². The van der Waals surface area contributed by atoms with Gasteiger partial charge in [0, 0.05) is 5.56 Å². The summed E-state index contributed by atoms with van der Waals surface area (Å²) in [6, 6.07) is 10.5. The molecule has 0 aromatic heterocycles.